The number of fused-ring (bicyclic) bond motifs is 3. The van der Waals surface area contributed by atoms with Crippen LogP contribution < -0.4 is 15.6 Å². The fraction of sp³-hybridized carbons (Fsp3) is 0.273. The first-order valence-electron chi connectivity index (χ1n) is 12.4. The summed E-state index contributed by atoms with van der Waals surface area (Å²) in [7, 11) is -1.17. The second-order valence-corrected chi connectivity index (χ2v) is 14.1. The average molecular weight is 460 g/mol. The van der Waals surface area contributed by atoms with Crippen molar-refractivity contribution in [3.63, 3.8) is 0 Å². The van der Waals surface area contributed by atoms with Crippen LogP contribution in [0.1, 0.15) is 63.8 Å². The van der Waals surface area contributed by atoms with Gasteiger partial charge >= 0.3 is 0 Å². The van der Waals surface area contributed by atoms with Gasteiger partial charge in [-0.15, -0.1) is 0 Å². The molecule has 1 aliphatic carbocycles. The van der Waals surface area contributed by atoms with Crippen LogP contribution in [0, 0.1) is 0 Å². The first-order chi connectivity index (χ1) is 16.1. The van der Waals surface area contributed by atoms with Crippen molar-refractivity contribution in [3.8, 4) is 11.1 Å². The quantitative estimate of drug-likeness (QED) is 0.217. The first kappa shape index (κ1) is 22.9. The van der Waals surface area contributed by atoms with E-state index >= 15 is 0 Å². The third kappa shape index (κ3) is 4.07. The van der Waals surface area contributed by atoms with Gasteiger partial charge in [0.2, 0.25) is 0 Å². The molecule has 171 valence electrons. The van der Waals surface area contributed by atoms with E-state index in [1.54, 1.807) is 10.8 Å². The SMILES string of the molecule is CC(C)(C)c1ccc2c(c1)Cc1c-2ccc(C(C)(C)C)c1[Si](c1ccccc1)c1ccccc1. The van der Waals surface area contributed by atoms with E-state index < -0.39 is 8.80 Å². The Kier molecular flexibility index (Phi) is 5.65. The summed E-state index contributed by atoms with van der Waals surface area (Å²) in [5, 5.41) is 4.52. The van der Waals surface area contributed by atoms with E-state index in [0.29, 0.717) is 0 Å². The van der Waals surface area contributed by atoms with E-state index in [2.05, 4.69) is 133 Å². The van der Waals surface area contributed by atoms with E-state index in [4.69, 9.17) is 0 Å². The van der Waals surface area contributed by atoms with Crippen LogP contribution in [0.2, 0.25) is 0 Å². The lowest BCUT2D eigenvalue weighted by Gasteiger charge is -2.30. The molecule has 0 aromatic heterocycles. The standard InChI is InChI=1S/C33H35Si/c1-32(2,3)24-17-18-27-23(21-24)22-29-28(27)19-20-30(33(4,5)6)31(29)34(25-13-9-7-10-14-25)26-15-11-8-12-16-26/h7-21H,22H2,1-6H3. The molecule has 0 heterocycles. The van der Waals surface area contributed by atoms with Crippen molar-refractivity contribution in [2.75, 3.05) is 0 Å². The molecule has 1 heteroatoms. The summed E-state index contributed by atoms with van der Waals surface area (Å²) in [6, 6.07) is 34.4. The molecule has 0 spiro atoms. The summed E-state index contributed by atoms with van der Waals surface area (Å²) >= 11 is 0. The summed E-state index contributed by atoms with van der Waals surface area (Å²) in [6.45, 7) is 14.0. The minimum absolute atomic E-state index is 0.0786. The van der Waals surface area contributed by atoms with Crippen LogP contribution in [0.25, 0.3) is 11.1 Å². The van der Waals surface area contributed by atoms with Crippen molar-refractivity contribution in [1.29, 1.82) is 0 Å². The third-order valence-electron chi connectivity index (χ3n) is 7.12. The molecule has 0 fully saturated rings. The molecule has 0 amide bonds. The second kappa shape index (κ2) is 8.39. The van der Waals surface area contributed by atoms with Gasteiger partial charge in [0.05, 0.1) is 0 Å². The van der Waals surface area contributed by atoms with Gasteiger partial charge in [0, 0.05) is 0 Å². The zero-order valence-corrected chi connectivity index (χ0v) is 22.4. The second-order valence-electron chi connectivity index (χ2n) is 11.7. The molecule has 0 aliphatic heterocycles. The minimum atomic E-state index is -1.17. The average Bonchev–Trinajstić information content (AvgIpc) is 3.18. The van der Waals surface area contributed by atoms with Gasteiger partial charge in [-0.25, -0.2) is 0 Å². The van der Waals surface area contributed by atoms with E-state index in [0.717, 1.165) is 6.42 Å². The molecule has 0 N–H and O–H groups in total. The first-order valence-corrected chi connectivity index (χ1v) is 13.9. The molecule has 0 atom stereocenters. The highest BCUT2D eigenvalue weighted by atomic mass is 28.3. The van der Waals surface area contributed by atoms with E-state index in [1.165, 1.54) is 38.2 Å². The van der Waals surface area contributed by atoms with Crippen molar-refractivity contribution >= 4 is 24.4 Å². The van der Waals surface area contributed by atoms with Gasteiger partial charge in [0.1, 0.15) is 0 Å². The Bertz CT molecular complexity index is 1280. The molecule has 0 unspecified atom stereocenters. The number of benzene rings is 4. The minimum Gasteiger partial charge on any atom is -0.0624 e. The van der Waals surface area contributed by atoms with Crippen molar-refractivity contribution in [3.05, 3.63) is 113 Å². The summed E-state index contributed by atoms with van der Waals surface area (Å²) in [6.07, 6.45) is 1.03. The molecule has 0 saturated carbocycles. The highest BCUT2D eigenvalue weighted by Gasteiger charge is 2.33. The highest BCUT2D eigenvalue weighted by molar-refractivity contribution is 6.96. The van der Waals surface area contributed by atoms with Crippen LogP contribution in [-0.4, -0.2) is 8.80 Å². The fourth-order valence-corrected chi connectivity index (χ4v) is 8.53. The van der Waals surface area contributed by atoms with Crippen molar-refractivity contribution in [2.45, 2.75) is 58.8 Å². The third-order valence-corrected chi connectivity index (χ3v) is 10.0. The Balaban J connectivity index is 1.78. The van der Waals surface area contributed by atoms with Crippen molar-refractivity contribution in [2.24, 2.45) is 0 Å². The zero-order valence-electron chi connectivity index (χ0n) is 21.4. The van der Waals surface area contributed by atoms with Gasteiger partial charge in [0.15, 0.2) is 8.80 Å². The Morgan fingerprint density at radius 2 is 1.15 bits per heavy atom. The lowest BCUT2D eigenvalue weighted by molar-refractivity contribution is 0.590. The monoisotopic (exact) mass is 459 g/mol. The summed E-state index contributed by atoms with van der Waals surface area (Å²) in [5.74, 6) is 0. The Morgan fingerprint density at radius 3 is 1.68 bits per heavy atom. The van der Waals surface area contributed by atoms with Gasteiger partial charge in [-0.3, -0.25) is 0 Å². The topological polar surface area (TPSA) is 0 Å². The lowest BCUT2D eigenvalue weighted by atomic mass is 9.85. The zero-order chi connectivity index (χ0) is 24.1. The van der Waals surface area contributed by atoms with Crippen LogP contribution in [0.15, 0.2) is 91.0 Å². The van der Waals surface area contributed by atoms with Crippen LogP contribution in [0.4, 0.5) is 0 Å². The van der Waals surface area contributed by atoms with Crippen molar-refractivity contribution < 1.29 is 0 Å². The molecule has 5 rings (SSSR count). The number of hydrogen-bond acceptors (Lipinski definition) is 0. The van der Waals surface area contributed by atoms with E-state index in [-0.39, 0.29) is 10.8 Å². The molecule has 0 saturated heterocycles. The van der Waals surface area contributed by atoms with E-state index in [1.807, 2.05) is 0 Å². The molecule has 1 radical (unpaired) electrons. The highest BCUT2D eigenvalue weighted by Crippen LogP contribution is 2.40. The number of hydrogen-bond donors (Lipinski definition) is 0. The Morgan fingerprint density at radius 1 is 0.588 bits per heavy atom. The van der Waals surface area contributed by atoms with Gasteiger partial charge in [0.25, 0.3) is 0 Å². The Hall–Kier alpha value is -2.90. The summed E-state index contributed by atoms with van der Waals surface area (Å²) in [4.78, 5) is 0. The number of rotatable bonds is 3. The predicted octanol–water partition coefficient (Wildman–Crippen LogP) is 6.37. The van der Waals surface area contributed by atoms with Crippen LogP contribution in [-0.2, 0) is 17.3 Å². The maximum absolute atomic E-state index is 2.47. The molecular formula is C33H35Si. The van der Waals surface area contributed by atoms with Crippen molar-refractivity contribution in [1.82, 2.24) is 0 Å². The lowest BCUT2D eigenvalue weighted by Crippen LogP contribution is -2.55. The molecule has 1 aliphatic rings. The van der Waals surface area contributed by atoms with Crippen LogP contribution >= 0.6 is 0 Å². The van der Waals surface area contributed by atoms with E-state index in [9.17, 15) is 0 Å². The molecule has 0 nitrogen and oxygen atoms in total. The van der Waals surface area contributed by atoms with Crippen LogP contribution in [0.5, 0.6) is 0 Å². The maximum Gasteiger partial charge on any atom is 0.155 e. The van der Waals surface area contributed by atoms with Gasteiger partial charge in [-0.2, -0.15) is 0 Å². The normalized spacial score (nSPS) is 13.1. The molecule has 0 bridgehead atoms. The Labute approximate surface area is 207 Å². The largest absolute Gasteiger partial charge is 0.155 e. The summed E-state index contributed by atoms with van der Waals surface area (Å²) < 4.78 is 0. The maximum atomic E-state index is 2.47. The molecule has 4 aromatic rings. The molecular weight excluding hydrogens is 424 g/mol. The van der Waals surface area contributed by atoms with Crippen LogP contribution in [0.3, 0.4) is 0 Å². The smallest absolute Gasteiger partial charge is 0.0624 e. The van der Waals surface area contributed by atoms with Gasteiger partial charge < -0.3 is 0 Å². The molecule has 34 heavy (non-hydrogen) atoms. The fourth-order valence-electron chi connectivity index (χ4n) is 5.32. The predicted molar refractivity (Wildman–Crippen MR) is 150 cm³/mol. The van der Waals surface area contributed by atoms with Gasteiger partial charge in [-0.05, 0) is 55.8 Å². The molecule has 4 aromatic carbocycles. The summed E-state index contributed by atoms with van der Waals surface area (Å²) in [5.41, 5.74) is 9.05. The van der Waals surface area contributed by atoms with Gasteiger partial charge in [-0.1, -0.05) is 143 Å².